The molecule has 0 aliphatic rings. The van der Waals surface area contributed by atoms with Crippen LogP contribution < -0.4 is 0 Å². The third-order valence-electron chi connectivity index (χ3n) is 3.62. The second-order valence-electron chi connectivity index (χ2n) is 5.15. The highest BCUT2D eigenvalue weighted by molar-refractivity contribution is 6.30. The van der Waals surface area contributed by atoms with Crippen molar-refractivity contribution in [1.29, 1.82) is 0 Å². The van der Waals surface area contributed by atoms with E-state index in [0.717, 1.165) is 0 Å². The molecule has 3 heterocycles. The van der Waals surface area contributed by atoms with Gasteiger partial charge in [0.15, 0.2) is 16.9 Å². The second kappa shape index (κ2) is 5.95. The summed E-state index contributed by atoms with van der Waals surface area (Å²) in [6, 6.07) is 7.98. The van der Waals surface area contributed by atoms with Gasteiger partial charge in [-0.2, -0.15) is 0 Å². The molecule has 4 aromatic rings. The Balaban J connectivity index is 1.79. The zero-order valence-corrected chi connectivity index (χ0v) is 13.3. The van der Waals surface area contributed by atoms with Gasteiger partial charge >= 0.3 is 0 Å². The standard InChI is InChI=1S/C15H9ClN6O3/c16-10-4-3-9(11(6-10)22(23)24)7-21-15-14(19-20-21)13(17-8-18-15)12-2-1-5-25-12/h1-6,8H,7H2. The lowest BCUT2D eigenvalue weighted by Crippen LogP contribution is -2.05. The van der Waals surface area contributed by atoms with Gasteiger partial charge in [0.1, 0.15) is 12.0 Å². The molecule has 0 aliphatic carbocycles. The summed E-state index contributed by atoms with van der Waals surface area (Å²) in [5.41, 5.74) is 1.77. The molecular formula is C15H9ClN6O3. The summed E-state index contributed by atoms with van der Waals surface area (Å²) < 4.78 is 6.82. The van der Waals surface area contributed by atoms with Crippen LogP contribution in [0.2, 0.25) is 5.02 Å². The van der Waals surface area contributed by atoms with Crippen LogP contribution in [0.25, 0.3) is 22.6 Å². The second-order valence-corrected chi connectivity index (χ2v) is 5.59. The van der Waals surface area contributed by atoms with E-state index in [-0.39, 0.29) is 12.2 Å². The minimum Gasteiger partial charge on any atom is -0.463 e. The number of halogens is 1. The van der Waals surface area contributed by atoms with E-state index in [1.54, 1.807) is 24.3 Å². The van der Waals surface area contributed by atoms with Crippen molar-refractivity contribution in [2.75, 3.05) is 0 Å². The predicted octanol–water partition coefficient (Wildman–Crippen LogP) is 3.09. The van der Waals surface area contributed by atoms with Gasteiger partial charge in [0.2, 0.25) is 0 Å². The molecule has 4 rings (SSSR count). The lowest BCUT2D eigenvalue weighted by Gasteiger charge is -2.04. The minimum absolute atomic E-state index is 0.0866. The molecule has 10 heteroatoms. The van der Waals surface area contributed by atoms with Gasteiger partial charge in [0.25, 0.3) is 5.69 Å². The molecule has 0 saturated carbocycles. The number of nitro benzene ring substituents is 1. The fourth-order valence-corrected chi connectivity index (χ4v) is 2.66. The average molecular weight is 357 g/mol. The molecule has 0 N–H and O–H groups in total. The molecule has 25 heavy (non-hydrogen) atoms. The summed E-state index contributed by atoms with van der Waals surface area (Å²) in [5.74, 6) is 0.539. The first kappa shape index (κ1) is 15.2. The van der Waals surface area contributed by atoms with Crippen molar-refractivity contribution in [3.8, 4) is 11.5 Å². The summed E-state index contributed by atoms with van der Waals surface area (Å²) in [5, 5.41) is 19.7. The molecule has 3 aromatic heterocycles. The SMILES string of the molecule is O=[N+]([O-])c1cc(Cl)ccc1Cn1nnc2c(-c3ccco3)ncnc21. The van der Waals surface area contributed by atoms with Crippen LogP contribution in [0, 0.1) is 10.1 Å². The largest absolute Gasteiger partial charge is 0.463 e. The topological polar surface area (TPSA) is 113 Å². The molecule has 0 amide bonds. The zero-order chi connectivity index (χ0) is 17.4. The molecule has 124 valence electrons. The van der Waals surface area contributed by atoms with Gasteiger partial charge in [0.05, 0.1) is 23.3 Å². The van der Waals surface area contributed by atoms with Gasteiger partial charge in [-0.1, -0.05) is 16.8 Å². The van der Waals surface area contributed by atoms with E-state index in [4.69, 9.17) is 16.0 Å². The van der Waals surface area contributed by atoms with Crippen molar-refractivity contribution >= 4 is 28.5 Å². The van der Waals surface area contributed by atoms with Crippen molar-refractivity contribution in [2.24, 2.45) is 0 Å². The van der Waals surface area contributed by atoms with E-state index in [9.17, 15) is 10.1 Å². The predicted molar refractivity (Wildman–Crippen MR) is 88.0 cm³/mol. The van der Waals surface area contributed by atoms with Crippen LogP contribution in [0.4, 0.5) is 5.69 Å². The van der Waals surface area contributed by atoms with Gasteiger partial charge in [-0.3, -0.25) is 10.1 Å². The van der Waals surface area contributed by atoms with Crippen LogP contribution in [-0.4, -0.2) is 29.9 Å². The first-order valence-electron chi connectivity index (χ1n) is 7.14. The number of aromatic nitrogens is 5. The number of hydrogen-bond donors (Lipinski definition) is 0. The summed E-state index contributed by atoms with van der Waals surface area (Å²) in [7, 11) is 0. The molecule has 0 spiro atoms. The number of benzene rings is 1. The van der Waals surface area contributed by atoms with Gasteiger partial charge in [-0.15, -0.1) is 5.10 Å². The molecule has 0 bridgehead atoms. The molecule has 0 fully saturated rings. The third kappa shape index (κ3) is 2.70. The van der Waals surface area contributed by atoms with E-state index in [0.29, 0.717) is 33.2 Å². The molecule has 0 aliphatic heterocycles. The number of rotatable bonds is 4. The summed E-state index contributed by atoms with van der Waals surface area (Å²) >= 11 is 5.85. The number of furan rings is 1. The van der Waals surface area contributed by atoms with Crippen LogP contribution in [0.3, 0.4) is 0 Å². The van der Waals surface area contributed by atoms with E-state index >= 15 is 0 Å². The maximum Gasteiger partial charge on any atom is 0.275 e. The minimum atomic E-state index is -0.483. The van der Waals surface area contributed by atoms with Crippen LogP contribution >= 0.6 is 11.6 Å². The molecule has 0 saturated heterocycles. The fourth-order valence-electron chi connectivity index (χ4n) is 2.49. The molecule has 0 unspecified atom stereocenters. The van der Waals surface area contributed by atoms with Gasteiger partial charge in [-0.25, -0.2) is 14.6 Å². The maximum absolute atomic E-state index is 11.2. The third-order valence-corrected chi connectivity index (χ3v) is 3.85. The van der Waals surface area contributed by atoms with Crippen LogP contribution in [0.5, 0.6) is 0 Å². The van der Waals surface area contributed by atoms with Crippen LogP contribution in [0.15, 0.2) is 47.3 Å². The Bertz CT molecular complexity index is 1080. The van der Waals surface area contributed by atoms with Crippen LogP contribution in [0.1, 0.15) is 5.56 Å². The first-order valence-corrected chi connectivity index (χ1v) is 7.52. The molecule has 1 aromatic carbocycles. The highest BCUT2D eigenvalue weighted by Crippen LogP contribution is 2.26. The number of nitrogens with zero attached hydrogens (tertiary/aromatic N) is 6. The summed E-state index contributed by atoms with van der Waals surface area (Å²) in [4.78, 5) is 19.1. The quantitative estimate of drug-likeness (QED) is 0.407. The first-order chi connectivity index (χ1) is 12.1. The Morgan fingerprint density at radius 2 is 2.16 bits per heavy atom. The van der Waals surface area contributed by atoms with Crippen LogP contribution in [-0.2, 0) is 6.54 Å². The lowest BCUT2D eigenvalue weighted by molar-refractivity contribution is -0.385. The maximum atomic E-state index is 11.2. The Morgan fingerprint density at radius 1 is 1.28 bits per heavy atom. The van der Waals surface area contributed by atoms with Gasteiger partial charge in [-0.05, 0) is 24.3 Å². The monoisotopic (exact) mass is 356 g/mol. The Hall–Kier alpha value is -3.33. The highest BCUT2D eigenvalue weighted by Gasteiger charge is 2.19. The molecule has 0 atom stereocenters. The molecule has 9 nitrogen and oxygen atoms in total. The van der Waals surface area contributed by atoms with Crippen molar-refractivity contribution in [3.63, 3.8) is 0 Å². The Kier molecular flexibility index (Phi) is 3.62. The van der Waals surface area contributed by atoms with E-state index < -0.39 is 4.92 Å². The molecular weight excluding hydrogens is 348 g/mol. The number of nitro groups is 1. The Morgan fingerprint density at radius 3 is 2.92 bits per heavy atom. The fraction of sp³-hybridized carbons (Fsp3) is 0.0667. The van der Waals surface area contributed by atoms with Crippen molar-refractivity contribution < 1.29 is 9.34 Å². The number of hydrogen-bond acceptors (Lipinski definition) is 7. The Labute approximate surface area is 145 Å². The smallest absolute Gasteiger partial charge is 0.275 e. The van der Waals surface area contributed by atoms with E-state index in [1.165, 1.54) is 23.3 Å². The summed E-state index contributed by atoms with van der Waals surface area (Å²) in [6.45, 7) is 0.124. The van der Waals surface area contributed by atoms with Gasteiger partial charge in [0, 0.05) is 11.1 Å². The van der Waals surface area contributed by atoms with Crippen molar-refractivity contribution in [3.05, 3.63) is 63.6 Å². The van der Waals surface area contributed by atoms with Crippen molar-refractivity contribution in [1.82, 2.24) is 25.0 Å². The van der Waals surface area contributed by atoms with E-state index in [1.807, 2.05) is 0 Å². The highest BCUT2D eigenvalue weighted by atomic mass is 35.5. The number of fused-ring (bicyclic) bond motifs is 1. The van der Waals surface area contributed by atoms with E-state index in [2.05, 4.69) is 20.3 Å². The average Bonchev–Trinajstić information content (AvgIpc) is 3.26. The van der Waals surface area contributed by atoms with Gasteiger partial charge < -0.3 is 4.42 Å². The van der Waals surface area contributed by atoms with Crippen molar-refractivity contribution in [2.45, 2.75) is 6.54 Å². The normalized spacial score (nSPS) is 11.1. The summed E-state index contributed by atoms with van der Waals surface area (Å²) in [6.07, 6.45) is 2.90. The molecule has 0 radical (unpaired) electrons. The lowest BCUT2D eigenvalue weighted by atomic mass is 10.2. The zero-order valence-electron chi connectivity index (χ0n) is 12.5.